The Morgan fingerprint density at radius 2 is 1.96 bits per heavy atom. The van der Waals surface area contributed by atoms with Crippen LogP contribution in [0.25, 0.3) is 5.69 Å². The number of hydrogen-bond donors (Lipinski definition) is 2. The Kier molecular flexibility index (Phi) is 6.47. The van der Waals surface area contributed by atoms with Gasteiger partial charge < -0.3 is 19.9 Å². The lowest BCUT2D eigenvalue weighted by Crippen LogP contribution is -2.20. The molecule has 8 heteroatoms. The Hall–Kier alpha value is -2.71. The second kappa shape index (κ2) is 8.80. The highest BCUT2D eigenvalue weighted by Crippen LogP contribution is 2.19. The summed E-state index contributed by atoms with van der Waals surface area (Å²) in [6.07, 6.45) is 1.52. The first-order valence-corrected chi connectivity index (χ1v) is 7.45. The zero-order chi connectivity index (χ0) is 17.4. The van der Waals surface area contributed by atoms with E-state index in [9.17, 15) is 9.59 Å². The first-order valence-electron chi connectivity index (χ1n) is 7.45. The summed E-state index contributed by atoms with van der Waals surface area (Å²) in [7, 11) is 0. The number of aromatic carboxylic acids is 1. The van der Waals surface area contributed by atoms with Crippen LogP contribution < -0.4 is 5.32 Å². The van der Waals surface area contributed by atoms with Crippen LogP contribution in [0.4, 0.5) is 5.69 Å². The molecular formula is C16H19N3O5. The van der Waals surface area contributed by atoms with Crippen molar-refractivity contribution in [2.75, 3.05) is 31.7 Å². The average molecular weight is 333 g/mol. The van der Waals surface area contributed by atoms with E-state index in [-0.39, 0.29) is 18.2 Å². The molecule has 0 aliphatic heterocycles. The maximum absolute atomic E-state index is 11.9. The number of ether oxygens (including phenoxy) is 2. The molecule has 0 fully saturated rings. The number of rotatable bonds is 9. The summed E-state index contributed by atoms with van der Waals surface area (Å²) in [5, 5.41) is 15.6. The number of hydrogen-bond acceptors (Lipinski definition) is 5. The fourth-order valence-electron chi connectivity index (χ4n) is 1.96. The van der Waals surface area contributed by atoms with Crippen LogP contribution in [0.1, 0.15) is 17.4 Å². The summed E-state index contributed by atoms with van der Waals surface area (Å²) in [5.74, 6) is -1.43. The highest BCUT2D eigenvalue weighted by Gasteiger charge is 2.12. The van der Waals surface area contributed by atoms with E-state index in [0.717, 1.165) is 0 Å². The minimum absolute atomic E-state index is 0.0737. The molecule has 2 N–H and O–H groups in total. The van der Waals surface area contributed by atoms with E-state index in [4.69, 9.17) is 14.6 Å². The Balaban J connectivity index is 2.00. The number of amides is 1. The molecule has 2 aromatic rings. The molecule has 0 aliphatic carbocycles. The molecular weight excluding hydrogens is 314 g/mol. The van der Waals surface area contributed by atoms with E-state index in [2.05, 4.69) is 10.4 Å². The highest BCUT2D eigenvalue weighted by molar-refractivity contribution is 5.93. The summed E-state index contributed by atoms with van der Waals surface area (Å²) in [5.41, 5.74) is 0.999. The van der Waals surface area contributed by atoms with Gasteiger partial charge in [-0.1, -0.05) is 12.1 Å². The third kappa shape index (κ3) is 4.90. The number of carbonyl (C=O) groups excluding carboxylic acids is 1. The fraction of sp³-hybridized carbons (Fsp3) is 0.312. The fourth-order valence-corrected chi connectivity index (χ4v) is 1.96. The average Bonchev–Trinajstić information content (AvgIpc) is 3.05. The SMILES string of the molecule is CCOCCOCC(=O)Nc1ccccc1-n1ccc(C(=O)O)n1. The van der Waals surface area contributed by atoms with Crippen molar-refractivity contribution in [2.24, 2.45) is 0 Å². The van der Waals surface area contributed by atoms with Gasteiger partial charge in [0.2, 0.25) is 5.91 Å². The lowest BCUT2D eigenvalue weighted by Gasteiger charge is -2.11. The molecule has 0 spiro atoms. The minimum Gasteiger partial charge on any atom is -0.476 e. The number of nitrogens with zero attached hydrogens (tertiary/aromatic N) is 2. The van der Waals surface area contributed by atoms with Gasteiger partial charge in [-0.3, -0.25) is 4.79 Å². The summed E-state index contributed by atoms with van der Waals surface area (Å²) < 4.78 is 11.7. The van der Waals surface area contributed by atoms with Crippen molar-refractivity contribution in [3.05, 3.63) is 42.2 Å². The van der Waals surface area contributed by atoms with Crippen molar-refractivity contribution < 1.29 is 24.2 Å². The third-order valence-electron chi connectivity index (χ3n) is 3.04. The number of aromatic nitrogens is 2. The summed E-state index contributed by atoms with van der Waals surface area (Å²) in [4.78, 5) is 22.9. The molecule has 0 radical (unpaired) electrons. The molecule has 0 saturated heterocycles. The molecule has 0 unspecified atom stereocenters. The molecule has 1 amide bonds. The summed E-state index contributed by atoms with van der Waals surface area (Å²) in [6, 6.07) is 8.35. The van der Waals surface area contributed by atoms with Gasteiger partial charge in [-0.25, -0.2) is 9.48 Å². The molecule has 0 atom stereocenters. The van der Waals surface area contributed by atoms with Gasteiger partial charge in [0.1, 0.15) is 6.61 Å². The van der Waals surface area contributed by atoms with E-state index >= 15 is 0 Å². The van der Waals surface area contributed by atoms with E-state index in [1.807, 2.05) is 6.92 Å². The zero-order valence-electron chi connectivity index (χ0n) is 13.3. The van der Waals surface area contributed by atoms with E-state index in [1.165, 1.54) is 16.9 Å². The van der Waals surface area contributed by atoms with Gasteiger partial charge in [-0.15, -0.1) is 0 Å². The highest BCUT2D eigenvalue weighted by atomic mass is 16.5. The second-order valence-electron chi connectivity index (χ2n) is 4.77. The minimum atomic E-state index is -1.11. The number of carbonyl (C=O) groups is 2. The van der Waals surface area contributed by atoms with Crippen LogP contribution in [0.15, 0.2) is 36.5 Å². The molecule has 2 rings (SSSR count). The van der Waals surface area contributed by atoms with Crippen LogP contribution in [-0.4, -0.2) is 53.2 Å². The normalized spacial score (nSPS) is 10.5. The van der Waals surface area contributed by atoms with Gasteiger partial charge in [0, 0.05) is 12.8 Å². The predicted octanol–water partition coefficient (Wildman–Crippen LogP) is 1.56. The number of para-hydroxylation sites is 2. The number of carboxylic acids is 1. The Labute approximate surface area is 139 Å². The first kappa shape index (κ1) is 17.6. The van der Waals surface area contributed by atoms with Crippen LogP contribution in [0.3, 0.4) is 0 Å². The lowest BCUT2D eigenvalue weighted by atomic mass is 10.2. The number of anilines is 1. The summed E-state index contributed by atoms with van der Waals surface area (Å²) in [6.45, 7) is 3.16. The standard InChI is InChI=1S/C16H19N3O5/c1-2-23-9-10-24-11-15(20)17-12-5-3-4-6-14(12)19-8-7-13(18-19)16(21)22/h3-8H,2,9-11H2,1H3,(H,17,20)(H,21,22). The van der Waals surface area contributed by atoms with Gasteiger partial charge in [-0.2, -0.15) is 5.10 Å². The van der Waals surface area contributed by atoms with Gasteiger partial charge in [0.15, 0.2) is 5.69 Å². The lowest BCUT2D eigenvalue weighted by molar-refractivity contribution is -0.121. The third-order valence-corrected chi connectivity index (χ3v) is 3.04. The Morgan fingerprint density at radius 1 is 1.21 bits per heavy atom. The van der Waals surface area contributed by atoms with Gasteiger partial charge in [0.25, 0.3) is 0 Å². The van der Waals surface area contributed by atoms with E-state index in [0.29, 0.717) is 31.2 Å². The van der Waals surface area contributed by atoms with Gasteiger partial charge in [-0.05, 0) is 25.1 Å². The molecule has 1 aromatic heterocycles. The molecule has 128 valence electrons. The molecule has 0 aliphatic rings. The topological polar surface area (TPSA) is 103 Å². The van der Waals surface area contributed by atoms with Crippen LogP contribution in [-0.2, 0) is 14.3 Å². The monoisotopic (exact) mass is 333 g/mol. The Bertz CT molecular complexity index is 699. The van der Waals surface area contributed by atoms with Crippen molar-refractivity contribution in [1.29, 1.82) is 0 Å². The van der Waals surface area contributed by atoms with Crippen LogP contribution in [0, 0.1) is 0 Å². The predicted molar refractivity (Wildman–Crippen MR) is 86.5 cm³/mol. The van der Waals surface area contributed by atoms with Gasteiger partial charge >= 0.3 is 5.97 Å². The number of benzene rings is 1. The maximum atomic E-state index is 11.9. The quantitative estimate of drug-likeness (QED) is 0.675. The maximum Gasteiger partial charge on any atom is 0.356 e. The molecule has 0 saturated carbocycles. The zero-order valence-corrected chi connectivity index (χ0v) is 13.3. The number of carboxylic acid groups (broad SMARTS) is 1. The first-order chi connectivity index (χ1) is 11.6. The molecule has 1 heterocycles. The molecule has 8 nitrogen and oxygen atoms in total. The second-order valence-corrected chi connectivity index (χ2v) is 4.77. The summed E-state index contributed by atoms with van der Waals surface area (Å²) >= 11 is 0. The van der Waals surface area contributed by atoms with Gasteiger partial charge in [0.05, 0.1) is 24.6 Å². The van der Waals surface area contributed by atoms with Crippen LogP contribution >= 0.6 is 0 Å². The largest absolute Gasteiger partial charge is 0.476 e. The molecule has 24 heavy (non-hydrogen) atoms. The van der Waals surface area contributed by atoms with Crippen molar-refractivity contribution in [2.45, 2.75) is 6.92 Å². The number of nitrogens with one attached hydrogen (secondary N) is 1. The molecule has 0 bridgehead atoms. The smallest absolute Gasteiger partial charge is 0.356 e. The van der Waals surface area contributed by atoms with Crippen LogP contribution in [0.5, 0.6) is 0 Å². The van der Waals surface area contributed by atoms with E-state index in [1.54, 1.807) is 24.3 Å². The van der Waals surface area contributed by atoms with E-state index < -0.39 is 5.97 Å². The Morgan fingerprint density at radius 3 is 2.67 bits per heavy atom. The van der Waals surface area contributed by atoms with Crippen molar-refractivity contribution >= 4 is 17.6 Å². The van der Waals surface area contributed by atoms with Crippen molar-refractivity contribution in [3.63, 3.8) is 0 Å². The van der Waals surface area contributed by atoms with Crippen LogP contribution in [0.2, 0.25) is 0 Å². The molecule has 1 aromatic carbocycles. The van der Waals surface area contributed by atoms with Crippen molar-refractivity contribution in [1.82, 2.24) is 9.78 Å². The van der Waals surface area contributed by atoms with Crippen molar-refractivity contribution in [3.8, 4) is 5.69 Å².